The molecular weight excluding hydrogens is 515 g/mol. The lowest BCUT2D eigenvalue weighted by molar-refractivity contribution is 0.187. The predicted octanol–water partition coefficient (Wildman–Crippen LogP) is 5.80. The van der Waals surface area contributed by atoms with Crippen LogP contribution in [0.3, 0.4) is 0 Å². The van der Waals surface area contributed by atoms with Crippen LogP contribution >= 0.6 is 47.2 Å². The van der Waals surface area contributed by atoms with Crippen LogP contribution in [0.4, 0.5) is 0 Å². The second-order valence-electron chi connectivity index (χ2n) is 7.10. The van der Waals surface area contributed by atoms with E-state index in [0.29, 0.717) is 37.0 Å². The van der Waals surface area contributed by atoms with E-state index >= 15 is 0 Å². The molecule has 0 aromatic carbocycles. The van der Waals surface area contributed by atoms with Crippen LogP contribution in [0.1, 0.15) is 27.7 Å². The molecule has 0 heterocycles. The molecule has 0 saturated carbocycles. The third-order valence-electron chi connectivity index (χ3n) is 4.24. The van der Waals surface area contributed by atoms with Crippen LogP contribution in [0.25, 0.3) is 0 Å². The molecule has 0 aliphatic rings. The van der Waals surface area contributed by atoms with Gasteiger partial charge < -0.3 is 27.1 Å². The van der Waals surface area contributed by atoms with E-state index in [9.17, 15) is 9.13 Å². The summed E-state index contributed by atoms with van der Waals surface area (Å²) in [5.74, 6) is 2.86. The van der Waals surface area contributed by atoms with Crippen LogP contribution in [-0.4, -0.2) is 93.7 Å². The van der Waals surface area contributed by atoms with E-state index in [2.05, 4.69) is 32.4 Å². The predicted molar refractivity (Wildman–Crippen MR) is 139 cm³/mol. The Balaban J connectivity index is 4.47. The van der Waals surface area contributed by atoms with Crippen molar-refractivity contribution in [3.8, 4) is 0 Å². The molecule has 0 rings (SSSR count). The molecule has 14 heteroatoms. The first-order valence-electron chi connectivity index (χ1n) is 10.5. The Morgan fingerprint density at radius 2 is 1.03 bits per heavy atom. The van der Waals surface area contributed by atoms with Crippen LogP contribution in [-0.2, 0) is 36.3 Å². The Labute approximate surface area is 204 Å². The summed E-state index contributed by atoms with van der Waals surface area (Å²) in [6.45, 7) is 9.59. The maximum Gasteiger partial charge on any atom is 0.330 e. The van der Waals surface area contributed by atoms with Gasteiger partial charge in [-0.2, -0.15) is 23.5 Å². The number of rotatable bonds is 21. The average molecular weight is 558 g/mol. The first-order chi connectivity index (χ1) is 15.1. The fourth-order valence-electron chi connectivity index (χ4n) is 2.56. The van der Waals surface area contributed by atoms with Gasteiger partial charge in [0.1, 0.15) is 0 Å². The Morgan fingerprint density at radius 1 is 0.688 bits per heavy atom. The van der Waals surface area contributed by atoms with Gasteiger partial charge in [0, 0.05) is 63.5 Å². The molecule has 0 bridgehead atoms. The molecule has 0 aliphatic carbocycles. The van der Waals surface area contributed by atoms with Gasteiger partial charge in [0.2, 0.25) is 0 Å². The van der Waals surface area contributed by atoms with Gasteiger partial charge in [-0.15, -0.1) is 0 Å². The van der Waals surface area contributed by atoms with Gasteiger partial charge in [-0.25, -0.2) is 4.67 Å². The van der Waals surface area contributed by atoms with Gasteiger partial charge in [0.15, 0.2) is 0 Å². The van der Waals surface area contributed by atoms with E-state index in [-0.39, 0.29) is 12.1 Å². The summed E-state index contributed by atoms with van der Waals surface area (Å²) in [4.78, 5) is 0. The molecular formula is C18H42NO8P3S2. The lowest BCUT2D eigenvalue weighted by Crippen LogP contribution is -2.34. The van der Waals surface area contributed by atoms with Crippen molar-refractivity contribution in [2.75, 3.05) is 77.0 Å². The summed E-state index contributed by atoms with van der Waals surface area (Å²) in [6, 6.07) is 0.565. The first kappa shape index (κ1) is 33.3. The number of hydrogen-bond donors (Lipinski definition) is 0. The molecule has 0 amide bonds. The van der Waals surface area contributed by atoms with Crippen LogP contribution in [0.15, 0.2) is 0 Å². The summed E-state index contributed by atoms with van der Waals surface area (Å²) in [6.07, 6.45) is 0.743. The minimum absolute atomic E-state index is 0.282. The summed E-state index contributed by atoms with van der Waals surface area (Å²) in [7, 11) is -1.50. The zero-order valence-electron chi connectivity index (χ0n) is 20.7. The van der Waals surface area contributed by atoms with Crippen LogP contribution in [0.2, 0.25) is 0 Å². The third-order valence-corrected chi connectivity index (χ3v) is 12.6. The van der Waals surface area contributed by atoms with Gasteiger partial charge in [0.05, 0.1) is 25.5 Å². The van der Waals surface area contributed by atoms with E-state index in [1.165, 1.54) is 28.4 Å². The van der Waals surface area contributed by atoms with Gasteiger partial charge >= 0.3 is 15.2 Å². The zero-order valence-corrected chi connectivity index (χ0v) is 25.0. The van der Waals surface area contributed by atoms with Crippen molar-refractivity contribution in [3.63, 3.8) is 0 Å². The largest absolute Gasteiger partial charge is 0.330 e. The van der Waals surface area contributed by atoms with E-state index in [1.807, 2.05) is 0 Å². The molecule has 32 heavy (non-hydrogen) atoms. The molecule has 194 valence electrons. The molecule has 0 atom stereocenters. The van der Waals surface area contributed by atoms with Crippen molar-refractivity contribution >= 4 is 47.2 Å². The summed E-state index contributed by atoms with van der Waals surface area (Å²) in [5, 5.41) is 0. The van der Waals surface area contributed by atoms with Crippen LogP contribution in [0.5, 0.6) is 0 Å². The second-order valence-corrected chi connectivity index (χ2v) is 15.8. The highest BCUT2D eigenvalue weighted by atomic mass is 32.2. The topological polar surface area (TPSA) is 92.8 Å². The lowest BCUT2D eigenvalue weighted by atomic mass is 10.3. The maximum absolute atomic E-state index is 12.1. The zero-order chi connectivity index (χ0) is 24.6. The van der Waals surface area contributed by atoms with Crippen molar-refractivity contribution in [3.05, 3.63) is 0 Å². The van der Waals surface area contributed by atoms with E-state index in [1.54, 1.807) is 23.5 Å². The quantitative estimate of drug-likeness (QED) is 0.127. The molecule has 0 spiro atoms. The van der Waals surface area contributed by atoms with Crippen molar-refractivity contribution in [2.24, 2.45) is 0 Å². The van der Waals surface area contributed by atoms with Crippen molar-refractivity contribution in [1.29, 1.82) is 0 Å². The van der Waals surface area contributed by atoms with E-state index in [4.69, 9.17) is 27.1 Å². The molecule has 0 N–H and O–H groups in total. The average Bonchev–Trinajstić information content (AvgIpc) is 2.77. The van der Waals surface area contributed by atoms with E-state index < -0.39 is 23.7 Å². The summed E-state index contributed by atoms with van der Waals surface area (Å²) in [5.41, 5.74) is 0. The van der Waals surface area contributed by atoms with Crippen molar-refractivity contribution < 1.29 is 36.3 Å². The minimum atomic E-state index is -2.96. The normalized spacial score (nSPS) is 13.2. The van der Waals surface area contributed by atoms with Crippen LogP contribution < -0.4 is 0 Å². The maximum atomic E-state index is 12.1. The second kappa shape index (κ2) is 18.6. The highest BCUT2D eigenvalue weighted by molar-refractivity contribution is 7.99. The highest BCUT2D eigenvalue weighted by Crippen LogP contribution is 2.48. The van der Waals surface area contributed by atoms with Crippen LogP contribution in [0, 0.1) is 0 Å². The molecule has 9 nitrogen and oxygen atoms in total. The van der Waals surface area contributed by atoms with Gasteiger partial charge in [-0.3, -0.25) is 9.13 Å². The van der Waals surface area contributed by atoms with Crippen molar-refractivity contribution in [2.45, 2.75) is 39.8 Å². The van der Waals surface area contributed by atoms with Gasteiger partial charge in [-0.05, 0) is 27.7 Å². The van der Waals surface area contributed by atoms with Gasteiger partial charge in [-0.1, -0.05) is 0 Å². The molecule has 0 saturated heterocycles. The molecule has 0 unspecified atom stereocenters. The minimum Gasteiger partial charge on any atom is -0.321 e. The molecule has 0 aliphatic heterocycles. The third kappa shape index (κ3) is 14.0. The smallest absolute Gasteiger partial charge is 0.321 e. The fourth-order valence-corrected chi connectivity index (χ4v) is 9.06. The fraction of sp³-hybridized carbons (Fsp3) is 1.00. The molecule has 0 aromatic heterocycles. The molecule has 0 radical (unpaired) electrons. The Hall–Kier alpha value is 1.31. The van der Waals surface area contributed by atoms with Gasteiger partial charge in [0.25, 0.3) is 8.53 Å². The highest BCUT2D eigenvalue weighted by Gasteiger charge is 2.27. The Kier molecular flexibility index (Phi) is 19.3. The summed E-state index contributed by atoms with van der Waals surface area (Å²) < 4.78 is 58.5. The van der Waals surface area contributed by atoms with E-state index in [0.717, 1.165) is 11.5 Å². The van der Waals surface area contributed by atoms with Crippen molar-refractivity contribution in [1.82, 2.24) is 4.67 Å². The first-order valence-corrected chi connectivity index (χ1v) is 17.4. The number of nitrogens with zero attached hydrogens (tertiary/aromatic N) is 1. The molecule has 0 aromatic rings. The summed E-state index contributed by atoms with van der Waals surface area (Å²) >= 11 is 3.30. The lowest BCUT2D eigenvalue weighted by Gasteiger charge is -2.35. The molecule has 0 fully saturated rings. The Bertz CT molecular complexity index is 512. The monoisotopic (exact) mass is 557 g/mol. The standard InChI is InChI=1S/C18H42NO8P3S2/c1-17(2)19(18(3)4)28(26-9-13-31-15-11-29(20,22-5)23-6)27-10-14-32-16-12-30(21,24-7)25-8/h17-18H,9-16H2,1-8H3. The Morgan fingerprint density at radius 3 is 1.31 bits per heavy atom. The SMILES string of the molecule is COP(=O)(CCSCCOP(OCCSCCP(=O)(OC)OC)N(C(C)C)C(C)C)OC. The number of thioether (sulfide) groups is 2. The number of hydrogen-bond acceptors (Lipinski definition) is 11.